The van der Waals surface area contributed by atoms with Gasteiger partial charge in [0.05, 0.1) is 13.0 Å². The Labute approximate surface area is 288 Å². The van der Waals surface area contributed by atoms with Crippen LogP contribution in [0.25, 0.3) is 0 Å². The zero-order valence-corrected chi connectivity index (χ0v) is 32.0. The van der Waals surface area contributed by atoms with Crippen molar-refractivity contribution in [3.63, 3.8) is 0 Å². The minimum atomic E-state index is -0.0763. The van der Waals surface area contributed by atoms with Gasteiger partial charge in [-0.05, 0) is 12.8 Å². The van der Waals surface area contributed by atoms with E-state index in [1.165, 1.54) is 116 Å². The Morgan fingerprint density at radius 3 is 1.64 bits per heavy atom. The van der Waals surface area contributed by atoms with Gasteiger partial charge in [0.2, 0.25) is 0 Å². The monoisotopic (exact) mass is 677 g/mol. The van der Waals surface area contributed by atoms with Crippen molar-refractivity contribution < 1.29 is 19.1 Å². The third kappa shape index (κ3) is 43.7. The van der Waals surface area contributed by atoms with E-state index < -0.39 is 0 Å². The molecule has 0 bridgehead atoms. The van der Waals surface area contributed by atoms with E-state index in [4.69, 9.17) is 9.47 Å². The summed E-state index contributed by atoms with van der Waals surface area (Å²) in [5.74, 6) is 2.09. The highest BCUT2D eigenvalue weighted by Gasteiger charge is 2.09. The summed E-state index contributed by atoms with van der Waals surface area (Å²) in [5.41, 5.74) is 0. The van der Waals surface area contributed by atoms with Gasteiger partial charge in [-0.2, -0.15) is 0 Å². The third-order valence-electron chi connectivity index (χ3n) is 7.83. The molecule has 0 heterocycles. The topological polar surface area (TPSA) is 67.9 Å². The van der Waals surface area contributed by atoms with Crippen LogP contribution in [0, 0.1) is 0 Å². The highest BCUT2D eigenvalue weighted by atomic mass is 33.1. The quantitative estimate of drug-likeness (QED) is 0.0304. The molecule has 0 aromatic carbocycles. The summed E-state index contributed by atoms with van der Waals surface area (Å²) in [6, 6.07) is 0. The molecule has 0 rings (SSSR count). The van der Waals surface area contributed by atoms with Crippen LogP contribution >= 0.6 is 21.6 Å². The Kier molecular flexibility index (Phi) is 45.5. The summed E-state index contributed by atoms with van der Waals surface area (Å²) in [4.78, 5) is 24.9. The largest absolute Gasteiger partial charge is 0.466 e. The van der Waals surface area contributed by atoms with Crippen molar-refractivity contribution in [2.75, 3.05) is 64.6 Å². The molecule has 0 aliphatic heterocycles. The van der Waals surface area contributed by atoms with Gasteiger partial charge in [-0.25, -0.2) is 0 Å². The molecule has 0 aliphatic carbocycles. The van der Waals surface area contributed by atoms with Crippen LogP contribution in [0.3, 0.4) is 0 Å². The maximum absolute atomic E-state index is 12.1. The lowest BCUT2D eigenvalue weighted by atomic mass is 10.1. The molecule has 0 saturated heterocycles. The van der Waals surface area contributed by atoms with Gasteiger partial charge in [0.1, 0.15) is 6.29 Å². The number of nitrogens with one attached hydrogen (secondary N) is 1. The first-order valence-corrected chi connectivity index (χ1v) is 21.4. The van der Waals surface area contributed by atoms with Crippen LogP contribution in [-0.4, -0.2) is 81.7 Å². The SMILES string of the molecule is CCCCCCCCCCCCCCOC(=O)CCN(CCNCCC=O)CCSSCC.CCCCCCCCCCOC. The molecule has 0 aliphatic rings. The lowest BCUT2D eigenvalue weighted by Crippen LogP contribution is -2.35. The number of hydrogen-bond acceptors (Lipinski definition) is 8. The number of nitrogens with zero attached hydrogens (tertiary/aromatic N) is 1. The first kappa shape index (κ1) is 46.8. The van der Waals surface area contributed by atoms with E-state index in [1.807, 2.05) is 21.6 Å². The number of aldehydes is 1. The van der Waals surface area contributed by atoms with Crippen molar-refractivity contribution >= 4 is 33.8 Å². The van der Waals surface area contributed by atoms with E-state index in [9.17, 15) is 9.59 Å². The van der Waals surface area contributed by atoms with Crippen molar-refractivity contribution in [1.82, 2.24) is 10.2 Å². The normalized spacial score (nSPS) is 11.0. The molecule has 0 saturated carbocycles. The number of carbonyl (C=O) groups is 2. The fourth-order valence-corrected chi connectivity index (χ4v) is 6.69. The predicted octanol–water partition coefficient (Wildman–Crippen LogP) is 10.3. The van der Waals surface area contributed by atoms with Crippen LogP contribution < -0.4 is 5.32 Å². The number of carbonyl (C=O) groups excluding carboxylic acids is 2. The second-order valence-corrected chi connectivity index (χ2v) is 15.0. The Hall–Kier alpha value is -0.280. The minimum Gasteiger partial charge on any atom is -0.466 e. The van der Waals surface area contributed by atoms with Gasteiger partial charge in [-0.1, -0.05) is 158 Å². The number of methoxy groups -OCH3 is 1. The van der Waals surface area contributed by atoms with Crippen LogP contribution in [0.15, 0.2) is 0 Å². The zero-order valence-electron chi connectivity index (χ0n) is 30.4. The van der Waals surface area contributed by atoms with Crippen LogP contribution in [0.4, 0.5) is 0 Å². The molecule has 0 radical (unpaired) electrons. The van der Waals surface area contributed by atoms with E-state index in [-0.39, 0.29) is 5.97 Å². The van der Waals surface area contributed by atoms with Crippen molar-refractivity contribution in [2.45, 2.75) is 162 Å². The second-order valence-electron chi connectivity index (χ2n) is 12.1. The molecule has 0 aromatic rings. The summed E-state index contributed by atoms with van der Waals surface area (Å²) >= 11 is 0. The number of hydrogen-bond donors (Lipinski definition) is 1. The van der Waals surface area contributed by atoms with Gasteiger partial charge in [-0.3, -0.25) is 4.79 Å². The molecule has 0 amide bonds. The molecular formula is C37H76N2O4S2. The molecule has 45 heavy (non-hydrogen) atoms. The van der Waals surface area contributed by atoms with Crippen LogP contribution in [0.1, 0.15) is 162 Å². The van der Waals surface area contributed by atoms with Gasteiger partial charge in [0.25, 0.3) is 0 Å². The van der Waals surface area contributed by atoms with E-state index in [2.05, 4.69) is 31.0 Å². The lowest BCUT2D eigenvalue weighted by molar-refractivity contribution is -0.144. The highest BCUT2D eigenvalue weighted by molar-refractivity contribution is 8.76. The molecule has 0 unspecified atom stereocenters. The Balaban J connectivity index is 0. The van der Waals surface area contributed by atoms with Crippen molar-refractivity contribution in [3.05, 3.63) is 0 Å². The van der Waals surface area contributed by atoms with Crippen LogP contribution in [-0.2, 0) is 19.1 Å². The van der Waals surface area contributed by atoms with E-state index in [0.717, 1.165) is 70.0 Å². The van der Waals surface area contributed by atoms with Gasteiger partial charge in [0.15, 0.2) is 0 Å². The standard InChI is InChI=1S/C26H52N2O3S2.C11H24O/c1-3-5-6-7-8-9-10-11-12-13-14-15-24-31-26(30)17-20-28(22-25-33-32-4-2)21-19-27-18-16-23-29;1-3-4-5-6-7-8-9-10-11-12-2/h23,27H,3-22,24-25H2,1-2H3;3-11H2,1-2H3. The molecular weight excluding hydrogens is 601 g/mol. The minimum absolute atomic E-state index is 0.0763. The van der Waals surface area contributed by atoms with Crippen LogP contribution in [0.5, 0.6) is 0 Å². The van der Waals surface area contributed by atoms with Gasteiger partial charge < -0.3 is 24.5 Å². The second kappa shape index (κ2) is 43.7. The highest BCUT2D eigenvalue weighted by Crippen LogP contribution is 2.20. The Morgan fingerprint density at radius 1 is 0.644 bits per heavy atom. The van der Waals surface area contributed by atoms with Crippen LogP contribution in [0.2, 0.25) is 0 Å². The van der Waals surface area contributed by atoms with E-state index in [1.54, 1.807) is 7.11 Å². The molecule has 0 fully saturated rings. The Morgan fingerprint density at radius 2 is 1.16 bits per heavy atom. The van der Waals surface area contributed by atoms with Gasteiger partial charge in [0, 0.05) is 64.4 Å². The fourth-order valence-electron chi connectivity index (χ4n) is 5.00. The maximum atomic E-state index is 12.1. The van der Waals surface area contributed by atoms with E-state index in [0.29, 0.717) is 19.4 Å². The first-order chi connectivity index (χ1) is 22.2. The summed E-state index contributed by atoms with van der Waals surface area (Å²) in [6.07, 6.45) is 28.7. The lowest BCUT2D eigenvalue weighted by Gasteiger charge is -2.21. The molecule has 270 valence electrons. The van der Waals surface area contributed by atoms with Crippen molar-refractivity contribution in [2.24, 2.45) is 0 Å². The van der Waals surface area contributed by atoms with Gasteiger partial charge >= 0.3 is 5.97 Å². The molecule has 0 aromatic heterocycles. The molecule has 1 N–H and O–H groups in total. The average molecular weight is 677 g/mol. The Bertz CT molecular complexity index is 563. The van der Waals surface area contributed by atoms with Gasteiger partial charge in [-0.15, -0.1) is 0 Å². The zero-order chi connectivity index (χ0) is 33.3. The number of esters is 1. The molecule has 8 heteroatoms. The van der Waals surface area contributed by atoms with Crippen molar-refractivity contribution in [3.8, 4) is 0 Å². The first-order valence-electron chi connectivity index (χ1n) is 18.9. The van der Waals surface area contributed by atoms with E-state index >= 15 is 0 Å². The number of ether oxygens (including phenoxy) is 2. The maximum Gasteiger partial charge on any atom is 0.307 e. The molecule has 6 nitrogen and oxygen atoms in total. The average Bonchev–Trinajstić information content (AvgIpc) is 3.05. The summed E-state index contributed by atoms with van der Waals surface area (Å²) < 4.78 is 10.4. The predicted molar refractivity (Wildman–Crippen MR) is 202 cm³/mol. The smallest absolute Gasteiger partial charge is 0.307 e. The molecule has 0 atom stereocenters. The summed E-state index contributed by atoms with van der Waals surface area (Å²) in [6.45, 7) is 12.4. The summed E-state index contributed by atoms with van der Waals surface area (Å²) in [7, 11) is 5.54. The molecule has 0 spiro atoms. The van der Waals surface area contributed by atoms with Crippen molar-refractivity contribution in [1.29, 1.82) is 0 Å². The number of unbranched alkanes of at least 4 members (excludes halogenated alkanes) is 18. The summed E-state index contributed by atoms with van der Waals surface area (Å²) in [5, 5.41) is 3.28. The third-order valence-corrected chi connectivity index (χ3v) is 10.3. The number of rotatable bonds is 36. The fraction of sp³-hybridized carbons (Fsp3) is 0.946.